The minimum atomic E-state index is 0.360. The molecule has 0 aliphatic carbocycles. The molecule has 0 unspecified atom stereocenters. The largest absolute Gasteiger partial charge is 0.377 e. The maximum atomic E-state index is 12.5. The topological polar surface area (TPSA) is 29.5 Å². The quantitative estimate of drug-likeness (QED) is 0.576. The smallest absolute Gasteiger partial charge is 0.222 e. The second-order valence-electron chi connectivity index (χ2n) is 6.98. The zero-order valence-corrected chi connectivity index (χ0v) is 15.2. The van der Waals surface area contributed by atoms with Crippen LogP contribution in [0.2, 0.25) is 0 Å². The van der Waals surface area contributed by atoms with Crippen molar-refractivity contribution < 1.29 is 9.53 Å². The van der Waals surface area contributed by atoms with Gasteiger partial charge in [-0.2, -0.15) is 0 Å². The second kappa shape index (κ2) is 11.2. The fourth-order valence-electron chi connectivity index (χ4n) is 3.37. The summed E-state index contributed by atoms with van der Waals surface area (Å²) < 4.78 is 5.83. The Labute approximate surface area is 147 Å². The summed E-state index contributed by atoms with van der Waals surface area (Å²) in [4.78, 5) is 14.6. The van der Waals surface area contributed by atoms with Crippen molar-refractivity contribution in [1.29, 1.82) is 0 Å². The Kier molecular flexibility index (Phi) is 8.90. The number of unbranched alkanes of at least 4 members (excludes halogenated alkanes) is 1. The molecule has 1 aliphatic heterocycles. The predicted molar refractivity (Wildman–Crippen MR) is 98.8 cm³/mol. The zero-order chi connectivity index (χ0) is 17.0. The van der Waals surface area contributed by atoms with Crippen LogP contribution in [0.25, 0.3) is 0 Å². The van der Waals surface area contributed by atoms with Crippen molar-refractivity contribution in [3.63, 3.8) is 0 Å². The summed E-state index contributed by atoms with van der Waals surface area (Å²) >= 11 is 0. The molecule has 3 heteroatoms. The number of hydrogen-bond acceptors (Lipinski definition) is 2. The van der Waals surface area contributed by atoms with Crippen LogP contribution in [-0.2, 0) is 16.1 Å². The third-order valence-corrected chi connectivity index (χ3v) is 4.92. The van der Waals surface area contributed by atoms with Crippen molar-refractivity contribution >= 4 is 5.91 Å². The van der Waals surface area contributed by atoms with Crippen LogP contribution in [0.15, 0.2) is 30.3 Å². The van der Waals surface area contributed by atoms with E-state index in [-0.39, 0.29) is 0 Å². The van der Waals surface area contributed by atoms with Gasteiger partial charge in [-0.1, -0.05) is 50.1 Å². The molecule has 134 valence electrons. The average Bonchev–Trinajstić information content (AvgIpc) is 2.64. The van der Waals surface area contributed by atoms with Gasteiger partial charge < -0.3 is 9.64 Å². The molecule has 0 radical (unpaired) electrons. The molecule has 0 spiro atoms. The molecule has 3 nitrogen and oxygen atoms in total. The van der Waals surface area contributed by atoms with E-state index in [1.165, 1.54) is 37.7 Å². The number of rotatable bonds is 10. The summed E-state index contributed by atoms with van der Waals surface area (Å²) in [5, 5.41) is 0. The molecule has 1 amide bonds. The Morgan fingerprint density at radius 3 is 2.58 bits per heavy atom. The molecule has 0 N–H and O–H groups in total. The van der Waals surface area contributed by atoms with E-state index < -0.39 is 0 Å². The van der Waals surface area contributed by atoms with Crippen molar-refractivity contribution in [2.45, 2.75) is 64.9 Å². The van der Waals surface area contributed by atoms with E-state index in [2.05, 4.69) is 24.0 Å². The fraction of sp³-hybridized carbons (Fsp3) is 0.667. The van der Waals surface area contributed by atoms with Crippen molar-refractivity contribution in [2.75, 3.05) is 19.7 Å². The van der Waals surface area contributed by atoms with Crippen molar-refractivity contribution in [3.8, 4) is 0 Å². The van der Waals surface area contributed by atoms with Crippen LogP contribution < -0.4 is 0 Å². The van der Waals surface area contributed by atoms with Gasteiger partial charge in [-0.3, -0.25) is 4.79 Å². The Balaban J connectivity index is 1.71. The van der Waals surface area contributed by atoms with Gasteiger partial charge in [0.2, 0.25) is 5.91 Å². The van der Waals surface area contributed by atoms with Gasteiger partial charge >= 0.3 is 0 Å². The van der Waals surface area contributed by atoms with Gasteiger partial charge in [0.1, 0.15) is 0 Å². The maximum Gasteiger partial charge on any atom is 0.222 e. The molecule has 1 aromatic rings. The summed E-state index contributed by atoms with van der Waals surface area (Å²) in [5.74, 6) is 0.828. The monoisotopic (exact) mass is 331 g/mol. The number of nitrogens with zero attached hydrogens (tertiary/aromatic N) is 1. The lowest BCUT2D eigenvalue weighted by Crippen LogP contribution is -2.36. The van der Waals surface area contributed by atoms with E-state index >= 15 is 0 Å². The number of carbonyl (C=O) groups is 1. The number of amides is 1. The number of benzene rings is 1. The van der Waals surface area contributed by atoms with E-state index in [4.69, 9.17) is 4.74 Å². The third kappa shape index (κ3) is 7.04. The van der Waals surface area contributed by atoms with Gasteiger partial charge in [0, 0.05) is 26.1 Å². The molecule has 0 bridgehead atoms. The van der Waals surface area contributed by atoms with Crippen LogP contribution in [0.5, 0.6) is 0 Å². The van der Waals surface area contributed by atoms with Crippen LogP contribution in [0.4, 0.5) is 0 Å². The highest BCUT2D eigenvalue weighted by Gasteiger charge is 2.20. The molecule has 0 aromatic heterocycles. The maximum absolute atomic E-state index is 12.5. The Hall–Kier alpha value is -1.35. The van der Waals surface area contributed by atoms with Crippen LogP contribution in [0, 0.1) is 5.92 Å². The van der Waals surface area contributed by atoms with Crippen molar-refractivity contribution in [1.82, 2.24) is 4.90 Å². The lowest BCUT2D eigenvalue weighted by Gasteiger charge is -2.28. The zero-order valence-electron chi connectivity index (χ0n) is 15.2. The minimum Gasteiger partial charge on any atom is -0.377 e. The number of piperidine rings is 1. The lowest BCUT2D eigenvalue weighted by atomic mass is 9.94. The van der Waals surface area contributed by atoms with E-state index in [0.29, 0.717) is 24.9 Å². The Morgan fingerprint density at radius 2 is 1.88 bits per heavy atom. The van der Waals surface area contributed by atoms with Gasteiger partial charge in [0.25, 0.3) is 0 Å². The molecule has 1 aliphatic rings. The molecule has 1 aromatic carbocycles. The summed E-state index contributed by atoms with van der Waals surface area (Å²) in [5.41, 5.74) is 1.21. The Bertz CT molecular complexity index is 454. The molecule has 1 atom stereocenters. The van der Waals surface area contributed by atoms with Gasteiger partial charge in [0.05, 0.1) is 6.61 Å². The molecule has 1 heterocycles. The van der Waals surface area contributed by atoms with E-state index in [0.717, 1.165) is 32.5 Å². The lowest BCUT2D eigenvalue weighted by molar-refractivity contribution is -0.133. The van der Waals surface area contributed by atoms with Crippen LogP contribution in [0.3, 0.4) is 0 Å². The summed E-state index contributed by atoms with van der Waals surface area (Å²) in [6.45, 7) is 5.56. The molecular formula is C21H33NO2. The van der Waals surface area contributed by atoms with Crippen molar-refractivity contribution in [2.24, 2.45) is 5.92 Å². The van der Waals surface area contributed by atoms with Crippen LogP contribution in [-0.4, -0.2) is 30.5 Å². The van der Waals surface area contributed by atoms with E-state index in [1.807, 2.05) is 18.2 Å². The first kappa shape index (κ1) is 19.0. The first-order valence-corrected chi connectivity index (χ1v) is 9.69. The van der Waals surface area contributed by atoms with Gasteiger partial charge in [-0.15, -0.1) is 0 Å². The third-order valence-electron chi connectivity index (χ3n) is 4.92. The van der Waals surface area contributed by atoms with Crippen molar-refractivity contribution in [3.05, 3.63) is 35.9 Å². The number of hydrogen-bond donors (Lipinski definition) is 0. The predicted octanol–water partition coefficient (Wildman–Crippen LogP) is 4.80. The van der Waals surface area contributed by atoms with Gasteiger partial charge in [0.15, 0.2) is 0 Å². The first-order chi connectivity index (χ1) is 11.8. The van der Waals surface area contributed by atoms with Crippen LogP contribution in [0.1, 0.15) is 63.9 Å². The summed E-state index contributed by atoms with van der Waals surface area (Å²) in [6.07, 6.45) is 8.86. The highest BCUT2D eigenvalue weighted by molar-refractivity contribution is 5.76. The van der Waals surface area contributed by atoms with Gasteiger partial charge in [-0.05, 0) is 43.6 Å². The fourth-order valence-corrected chi connectivity index (χ4v) is 3.37. The number of likely N-dealkylation sites (tertiary alicyclic amines) is 1. The molecule has 1 fully saturated rings. The van der Waals surface area contributed by atoms with Gasteiger partial charge in [-0.25, -0.2) is 0 Å². The molecule has 24 heavy (non-hydrogen) atoms. The second-order valence-corrected chi connectivity index (χ2v) is 6.98. The average molecular weight is 332 g/mol. The van der Waals surface area contributed by atoms with E-state index in [9.17, 15) is 4.79 Å². The molecular weight excluding hydrogens is 298 g/mol. The number of carbonyl (C=O) groups excluding carboxylic acids is 1. The standard InChI is InChI=1S/C21H33NO2/c1-2-3-10-19(17-21(23)22-14-8-5-9-15-22)13-16-24-18-20-11-6-4-7-12-20/h4,6-7,11-12,19H,2-3,5,8-10,13-18H2,1H3/t19-/m0/s1. The summed E-state index contributed by atoms with van der Waals surface area (Å²) in [6, 6.07) is 10.3. The normalized spacial score (nSPS) is 16.1. The first-order valence-electron chi connectivity index (χ1n) is 9.69. The minimum absolute atomic E-state index is 0.360. The Morgan fingerprint density at radius 1 is 1.12 bits per heavy atom. The summed E-state index contributed by atoms with van der Waals surface area (Å²) in [7, 11) is 0. The molecule has 1 saturated heterocycles. The highest BCUT2D eigenvalue weighted by Crippen LogP contribution is 2.20. The SMILES string of the molecule is CCCC[C@@H](CCOCc1ccccc1)CC(=O)N1CCCCC1. The molecule has 0 saturated carbocycles. The highest BCUT2D eigenvalue weighted by atomic mass is 16.5. The number of ether oxygens (including phenoxy) is 1. The van der Waals surface area contributed by atoms with Crippen LogP contribution >= 0.6 is 0 Å². The van der Waals surface area contributed by atoms with E-state index in [1.54, 1.807) is 0 Å². The molecule has 2 rings (SSSR count).